The zero-order valence-corrected chi connectivity index (χ0v) is 11.8. The first-order valence-corrected chi connectivity index (χ1v) is 7.45. The normalized spacial score (nSPS) is 14.6. The number of nitrogens with one attached hydrogen (secondary N) is 1. The maximum absolute atomic E-state index is 9.66. The van der Waals surface area contributed by atoms with Crippen molar-refractivity contribution in [1.82, 2.24) is 5.32 Å². The number of hydrogen-bond donors (Lipinski definition) is 2. The highest BCUT2D eigenvalue weighted by molar-refractivity contribution is 7.98. The zero-order chi connectivity index (χ0) is 12.7. The van der Waals surface area contributed by atoms with Crippen LogP contribution in [0.1, 0.15) is 38.3 Å². The van der Waals surface area contributed by atoms with Crippen molar-refractivity contribution in [2.75, 3.05) is 12.8 Å². The van der Waals surface area contributed by atoms with Crippen molar-refractivity contribution in [3.05, 3.63) is 29.8 Å². The summed E-state index contributed by atoms with van der Waals surface area (Å²) in [5.74, 6) is 0. The SMILES string of the molecule is CCCC(O)CNC(C)c1ccc(SC)cc1. The second-order valence-corrected chi connectivity index (χ2v) is 5.23. The first kappa shape index (κ1) is 14.6. The molecule has 0 aliphatic heterocycles. The largest absolute Gasteiger partial charge is 0.392 e. The van der Waals surface area contributed by atoms with Crippen LogP contribution in [0.3, 0.4) is 0 Å². The van der Waals surface area contributed by atoms with Gasteiger partial charge in [-0.1, -0.05) is 25.5 Å². The molecule has 1 aromatic carbocycles. The summed E-state index contributed by atoms with van der Waals surface area (Å²) in [7, 11) is 0. The third kappa shape index (κ3) is 5.11. The molecule has 0 spiro atoms. The number of aliphatic hydroxyl groups is 1. The fourth-order valence-corrected chi connectivity index (χ4v) is 2.17. The van der Waals surface area contributed by atoms with E-state index in [-0.39, 0.29) is 12.1 Å². The molecule has 2 nitrogen and oxygen atoms in total. The van der Waals surface area contributed by atoms with Crippen LogP contribution in [-0.2, 0) is 0 Å². The molecule has 0 saturated carbocycles. The van der Waals surface area contributed by atoms with Crippen molar-refractivity contribution in [3.63, 3.8) is 0 Å². The van der Waals surface area contributed by atoms with E-state index in [1.165, 1.54) is 10.5 Å². The molecule has 0 radical (unpaired) electrons. The van der Waals surface area contributed by atoms with Crippen molar-refractivity contribution in [3.8, 4) is 0 Å². The lowest BCUT2D eigenvalue weighted by Gasteiger charge is -2.17. The van der Waals surface area contributed by atoms with Crippen molar-refractivity contribution < 1.29 is 5.11 Å². The fraction of sp³-hybridized carbons (Fsp3) is 0.571. The molecule has 0 bridgehead atoms. The molecule has 0 fully saturated rings. The van der Waals surface area contributed by atoms with Gasteiger partial charge in [0.1, 0.15) is 0 Å². The van der Waals surface area contributed by atoms with Gasteiger partial charge in [0.15, 0.2) is 0 Å². The summed E-state index contributed by atoms with van der Waals surface area (Å²) in [5, 5.41) is 13.0. The lowest BCUT2D eigenvalue weighted by Crippen LogP contribution is -2.28. The van der Waals surface area contributed by atoms with Gasteiger partial charge in [-0.2, -0.15) is 0 Å². The number of benzene rings is 1. The summed E-state index contributed by atoms with van der Waals surface area (Å²) in [6, 6.07) is 8.87. The molecule has 0 heterocycles. The Morgan fingerprint density at radius 1 is 1.29 bits per heavy atom. The van der Waals surface area contributed by atoms with Gasteiger partial charge in [0, 0.05) is 17.5 Å². The first-order chi connectivity index (χ1) is 8.17. The van der Waals surface area contributed by atoms with E-state index in [2.05, 4.69) is 49.7 Å². The van der Waals surface area contributed by atoms with Crippen LogP contribution in [0, 0.1) is 0 Å². The quantitative estimate of drug-likeness (QED) is 0.732. The minimum absolute atomic E-state index is 0.229. The summed E-state index contributed by atoms with van der Waals surface area (Å²) >= 11 is 1.75. The van der Waals surface area contributed by atoms with Gasteiger partial charge in [-0.15, -0.1) is 11.8 Å². The summed E-state index contributed by atoms with van der Waals surface area (Å²) in [6.45, 7) is 4.89. The average Bonchev–Trinajstić information content (AvgIpc) is 2.36. The van der Waals surface area contributed by atoms with E-state index in [1.54, 1.807) is 11.8 Å². The lowest BCUT2D eigenvalue weighted by molar-refractivity contribution is 0.157. The number of hydrogen-bond acceptors (Lipinski definition) is 3. The van der Waals surface area contributed by atoms with Crippen LogP contribution < -0.4 is 5.32 Å². The molecule has 1 rings (SSSR count). The van der Waals surface area contributed by atoms with Crippen LogP contribution in [0.25, 0.3) is 0 Å². The Hall–Kier alpha value is -0.510. The number of rotatable bonds is 7. The summed E-state index contributed by atoms with van der Waals surface area (Å²) in [4.78, 5) is 1.28. The molecular formula is C14H23NOS. The van der Waals surface area contributed by atoms with Gasteiger partial charge in [0.25, 0.3) is 0 Å². The van der Waals surface area contributed by atoms with Gasteiger partial charge in [0.05, 0.1) is 6.10 Å². The molecule has 2 unspecified atom stereocenters. The smallest absolute Gasteiger partial charge is 0.0664 e. The summed E-state index contributed by atoms with van der Waals surface area (Å²) in [5.41, 5.74) is 1.27. The fourth-order valence-electron chi connectivity index (χ4n) is 1.76. The minimum Gasteiger partial charge on any atom is -0.392 e. The maximum atomic E-state index is 9.66. The molecule has 2 N–H and O–H groups in total. The molecule has 3 heteroatoms. The van der Waals surface area contributed by atoms with Crippen LogP contribution in [0.4, 0.5) is 0 Å². The summed E-state index contributed by atoms with van der Waals surface area (Å²) < 4.78 is 0. The molecule has 0 aliphatic rings. The van der Waals surface area contributed by atoms with Crippen LogP contribution in [0.2, 0.25) is 0 Å². The minimum atomic E-state index is -0.229. The third-order valence-corrected chi connectivity index (χ3v) is 3.64. The molecule has 0 amide bonds. The van der Waals surface area contributed by atoms with E-state index in [4.69, 9.17) is 0 Å². The Balaban J connectivity index is 2.43. The zero-order valence-electron chi connectivity index (χ0n) is 10.9. The molecule has 0 aliphatic carbocycles. The lowest BCUT2D eigenvalue weighted by atomic mass is 10.1. The van der Waals surface area contributed by atoms with Gasteiger partial charge < -0.3 is 10.4 Å². The van der Waals surface area contributed by atoms with E-state index in [9.17, 15) is 5.11 Å². The Bertz CT molecular complexity index is 313. The Labute approximate surface area is 109 Å². The van der Waals surface area contributed by atoms with Gasteiger partial charge in [-0.3, -0.25) is 0 Å². The molecule has 2 atom stereocenters. The van der Waals surface area contributed by atoms with E-state index in [1.807, 2.05) is 0 Å². The van der Waals surface area contributed by atoms with Crippen LogP contribution in [0.15, 0.2) is 29.2 Å². The standard InChI is InChI=1S/C14H23NOS/c1-4-5-13(16)10-15-11(2)12-6-8-14(17-3)9-7-12/h6-9,11,13,15-16H,4-5,10H2,1-3H3. The Morgan fingerprint density at radius 3 is 2.47 bits per heavy atom. The summed E-state index contributed by atoms with van der Waals surface area (Å²) in [6.07, 6.45) is 3.75. The highest BCUT2D eigenvalue weighted by atomic mass is 32.2. The van der Waals surface area contributed by atoms with E-state index in [0.717, 1.165) is 12.8 Å². The van der Waals surface area contributed by atoms with Gasteiger partial charge in [-0.25, -0.2) is 0 Å². The molecule has 1 aromatic rings. The Morgan fingerprint density at radius 2 is 1.94 bits per heavy atom. The monoisotopic (exact) mass is 253 g/mol. The predicted molar refractivity (Wildman–Crippen MR) is 75.6 cm³/mol. The second kappa shape index (κ2) is 7.75. The van der Waals surface area contributed by atoms with Gasteiger partial charge >= 0.3 is 0 Å². The van der Waals surface area contributed by atoms with Crippen molar-refractivity contribution in [2.24, 2.45) is 0 Å². The predicted octanol–water partition coefficient (Wildman–Crippen LogP) is 3.22. The van der Waals surface area contributed by atoms with Crippen LogP contribution in [0.5, 0.6) is 0 Å². The molecule has 0 saturated heterocycles. The molecular weight excluding hydrogens is 230 g/mol. The van der Waals surface area contributed by atoms with Crippen LogP contribution in [-0.4, -0.2) is 24.0 Å². The highest BCUT2D eigenvalue weighted by Crippen LogP contribution is 2.18. The number of aliphatic hydroxyl groups excluding tert-OH is 1. The van der Waals surface area contributed by atoms with E-state index >= 15 is 0 Å². The van der Waals surface area contributed by atoms with Crippen LogP contribution >= 0.6 is 11.8 Å². The second-order valence-electron chi connectivity index (χ2n) is 4.35. The van der Waals surface area contributed by atoms with E-state index in [0.29, 0.717) is 6.54 Å². The maximum Gasteiger partial charge on any atom is 0.0664 e. The third-order valence-electron chi connectivity index (χ3n) is 2.90. The Kier molecular flexibility index (Phi) is 6.63. The number of thioether (sulfide) groups is 1. The molecule has 17 heavy (non-hydrogen) atoms. The first-order valence-electron chi connectivity index (χ1n) is 6.22. The van der Waals surface area contributed by atoms with E-state index < -0.39 is 0 Å². The highest BCUT2D eigenvalue weighted by Gasteiger charge is 2.07. The van der Waals surface area contributed by atoms with Crippen molar-refractivity contribution in [2.45, 2.75) is 43.7 Å². The van der Waals surface area contributed by atoms with Crippen molar-refractivity contribution >= 4 is 11.8 Å². The average molecular weight is 253 g/mol. The van der Waals surface area contributed by atoms with Gasteiger partial charge in [-0.05, 0) is 37.3 Å². The van der Waals surface area contributed by atoms with Gasteiger partial charge in [0.2, 0.25) is 0 Å². The molecule has 96 valence electrons. The molecule has 0 aromatic heterocycles. The topological polar surface area (TPSA) is 32.3 Å². The van der Waals surface area contributed by atoms with Crippen molar-refractivity contribution in [1.29, 1.82) is 0 Å².